The van der Waals surface area contributed by atoms with Gasteiger partial charge in [-0.1, -0.05) is 0 Å². The molecule has 2 rings (SSSR count). The van der Waals surface area contributed by atoms with Crippen LogP contribution in [0.25, 0.3) is 0 Å². The first-order valence-corrected chi connectivity index (χ1v) is 5.78. The average molecular weight is 248 g/mol. The molecule has 1 aromatic heterocycles. The van der Waals surface area contributed by atoms with Crippen molar-refractivity contribution < 1.29 is 9.59 Å². The molecule has 1 aliphatic rings. The number of nitrogens with one attached hydrogen (secondary N) is 1. The molecule has 2 heterocycles. The van der Waals surface area contributed by atoms with Gasteiger partial charge in [-0.05, 0) is 25.0 Å². The van der Waals surface area contributed by atoms with Crippen molar-refractivity contribution in [2.45, 2.75) is 25.8 Å². The fraction of sp³-hybridized carbons (Fsp3) is 0.417. The Balaban J connectivity index is 2.14. The van der Waals surface area contributed by atoms with Crippen LogP contribution in [-0.2, 0) is 9.59 Å². The van der Waals surface area contributed by atoms with Crippen LogP contribution in [0.4, 0.5) is 11.5 Å². The molecule has 6 nitrogen and oxygen atoms in total. The van der Waals surface area contributed by atoms with E-state index in [0.717, 1.165) is 10.5 Å². The van der Waals surface area contributed by atoms with Gasteiger partial charge in [-0.25, -0.2) is 4.98 Å². The van der Waals surface area contributed by atoms with E-state index in [1.807, 2.05) is 6.92 Å². The van der Waals surface area contributed by atoms with Crippen LogP contribution in [0.2, 0.25) is 0 Å². The van der Waals surface area contributed by atoms with Crippen LogP contribution in [0.15, 0.2) is 12.3 Å². The molecule has 0 radical (unpaired) electrons. The van der Waals surface area contributed by atoms with E-state index >= 15 is 0 Å². The van der Waals surface area contributed by atoms with Gasteiger partial charge in [0, 0.05) is 19.7 Å². The third-order valence-electron chi connectivity index (χ3n) is 3.01. The number of hydrogen-bond acceptors (Lipinski definition) is 5. The Morgan fingerprint density at radius 3 is 2.89 bits per heavy atom. The minimum atomic E-state index is -0.440. The Kier molecular flexibility index (Phi) is 3.18. The largest absolute Gasteiger partial charge is 0.396 e. The molecule has 96 valence electrons. The quantitative estimate of drug-likeness (QED) is 0.745. The minimum absolute atomic E-state index is 0.150. The number of anilines is 2. The minimum Gasteiger partial charge on any atom is -0.396 e. The molecule has 0 saturated carbocycles. The Bertz CT molecular complexity index is 501. The van der Waals surface area contributed by atoms with Crippen molar-refractivity contribution in [3.63, 3.8) is 0 Å². The number of aryl methyl sites for hydroxylation is 1. The smallest absolute Gasteiger partial charge is 0.251 e. The van der Waals surface area contributed by atoms with Gasteiger partial charge in [0.2, 0.25) is 5.91 Å². The molecular weight excluding hydrogens is 232 g/mol. The van der Waals surface area contributed by atoms with Gasteiger partial charge in [0.15, 0.2) is 0 Å². The number of nitrogen functional groups attached to an aromatic ring is 1. The van der Waals surface area contributed by atoms with Crippen LogP contribution in [0.3, 0.4) is 0 Å². The molecule has 1 atom stereocenters. The topological polar surface area (TPSA) is 88.3 Å². The number of aromatic nitrogens is 1. The Hall–Kier alpha value is -2.11. The zero-order chi connectivity index (χ0) is 13.3. The van der Waals surface area contributed by atoms with E-state index in [1.54, 1.807) is 12.3 Å². The molecule has 0 bridgehead atoms. The third kappa shape index (κ3) is 2.27. The number of rotatable bonds is 2. The highest BCUT2D eigenvalue weighted by Crippen LogP contribution is 2.20. The SMILES string of the molecule is Cc1cnc(NC2CCC(=O)N(C)C2=O)c(N)c1. The van der Waals surface area contributed by atoms with Crippen molar-refractivity contribution >= 4 is 23.3 Å². The van der Waals surface area contributed by atoms with Crippen molar-refractivity contribution in [3.8, 4) is 0 Å². The van der Waals surface area contributed by atoms with Crippen molar-refractivity contribution in [2.24, 2.45) is 0 Å². The van der Waals surface area contributed by atoms with E-state index in [-0.39, 0.29) is 11.8 Å². The van der Waals surface area contributed by atoms with Crippen molar-refractivity contribution in [1.82, 2.24) is 9.88 Å². The molecule has 0 aromatic carbocycles. The summed E-state index contributed by atoms with van der Waals surface area (Å²) in [6.45, 7) is 1.89. The number of carbonyl (C=O) groups is 2. The summed E-state index contributed by atoms with van der Waals surface area (Å²) in [6.07, 6.45) is 2.50. The highest BCUT2D eigenvalue weighted by Gasteiger charge is 2.32. The van der Waals surface area contributed by atoms with Gasteiger partial charge in [0.1, 0.15) is 11.9 Å². The summed E-state index contributed by atoms with van der Waals surface area (Å²) in [4.78, 5) is 28.5. The van der Waals surface area contributed by atoms with Crippen LogP contribution < -0.4 is 11.1 Å². The number of hydrogen-bond donors (Lipinski definition) is 2. The zero-order valence-electron chi connectivity index (χ0n) is 10.4. The van der Waals surface area contributed by atoms with E-state index in [9.17, 15) is 9.59 Å². The predicted molar refractivity (Wildman–Crippen MR) is 67.8 cm³/mol. The Morgan fingerprint density at radius 1 is 1.50 bits per heavy atom. The van der Waals surface area contributed by atoms with E-state index in [0.29, 0.717) is 24.3 Å². The first kappa shape index (κ1) is 12.3. The number of nitrogens with zero attached hydrogens (tertiary/aromatic N) is 2. The molecule has 6 heteroatoms. The van der Waals surface area contributed by atoms with Gasteiger partial charge in [-0.15, -0.1) is 0 Å². The third-order valence-corrected chi connectivity index (χ3v) is 3.01. The maximum absolute atomic E-state index is 11.9. The molecule has 1 aromatic rings. The number of carbonyl (C=O) groups excluding carboxylic acids is 2. The maximum Gasteiger partial charge on any atom is 0.251 e. The van der Waals surface area contributed by atoms with Crippen LogP contribution in [-0.4, -0.2) is 34.8 Å². The van der Waals surface area contributed by atoms with Crippen molar-refractivity contribution in [3.05, 3.63) is 17.8 Å². The monoisotopic (exact) mass is 248 g/mol. The summed E-state index contributed by atoms with van der Waals surface area (Å²) in [5.74, 6) is 0.0950. The number of piperidine rings is 1. The first-order valence-electron chi connectivity index (χ1n) is 5.78. The summed E-state index contributed by atoms with van der Waals surface area (Å²) >= 11 is 0. The molecule has 1 saturated heterocycles. The van der Waals surface area contributed by atoms with Crippen LogP contribution in [0.1, 0.15) is 18.4 Å². The summed E-state index contributed by atoms with van der Waals surface area (Å²) in [5, 5.41) is 3.00. The highest BCUT2D eigenvalue weighted by atomic mass is 16.2. The van der Waals surface area contributed by atoms with E-state index < -0.39 is 6.04 Å². The molecule has 0 aliphatic carbocycles. The number of nitrogens with two attached hydrogens (primary N) is 1. The fourth-order valence-electron chi connectivity index (χ4n) is 1.93. The molecule has 2 amide bonds. The van der Waals surface area contributed by atoms with E-state index in [1.165, 1.54) is 7.05 Å². The van der Waals surface area contributed by atoms with Crippen LogP contribution >= 0.6 is 0 Å². The molecular formula is C12H16N4O2. The normalized spacial score (nSPS) is 20.1. The lowest BCUT2D eigenvalue weighted by atomic mass is 10.0. The molecule has 0 spiro atoms. The van der Waals surface area contributed by atoms with Gasteiger partial charge < -0.3 is 11.1 Å². The second-order valence-corrected chi connectivity index (χ2v) is 4.48. The number of imide groups is 1. The predicted octanol–water partition coefficient (Wildman–Crippen LogP) is 0.532. The van der Waals surface area contributed by atoms with E-state index in [4.69, 9.17) is 5.73 Å². The first-order chi connectivity index (χ1) is 8.49. The van der Waals surface area contributed by atoms with Crippen molar-refractivity contribution in [2.75, 3.05) is 18.1 Å². The molecule has 1 unspecified atom stereocenters. The fourth-order valence-corrected chi connectivity index (χ4v) is 1.93. The molecule has 18 heavy (non-hydrogen) atoms. The number of amides is 2. The van der Waals surface area contributed by atoms with Crippen molar-refractivity contribution in [1.29, 1.82) is 0 Å². The highest BCUT2D eigenvalue weighted by molar-refractivity contribution is 6.01. The molecule has 1 fully saturated rings. The Labute approximate surface area is 105 Å². The number of likely N-dealkylation sites (N-methyl/N-ethyl adjacent to an activating group) is 1. The zero-order valence-corrected chi connectivity index (χ0v) is 10.4. The lowest BCUT2D eigenvalue weighted by Gasteiger charge is -2.28. The van der Waals surface area contributed by atoms with Gasteiger partial charge in [0.05, 0.1) is 5.69 Å². The van der Waals surface area contributed by atoms with Crippen LogP contribution in [0.5, 0.6) is 0 Å². The second-order valence-electron chi connectivity index (χ2n) is 4.48. The number of likely N-dealkylation sites (tertiary alicyclic amines) is 1. The van der Waals surface area contributed by atoms with Gasteiger partial charge in [-0.2, -0.15) is 0 Å². The summed E-state index contributed by atoms with van der Waals surface area (Å²) < 4.78 is 0. The summed E-state index contributed by atoms with van der Waals surface area (Å²) in [7, 11) is 1.49. The molecule has 3 N–H and O–H groups in total. The average Bonchev–Trinajstić information content (AvgIpc) is 2.33. The van der Waals surface area contributed by atoms with E-state index in [2.05, 4.69) is 10.3 Å². The standard InChI is InChI=1S/C12H16N4O2/c1-7-5-8(13)11(14-6-7)15-9-3-4-10(17)16(2)12(9)18/h5-6,9H,3-4,13H2,1-2H3,(H,14,15). The molecule has 1 aliphatic heterocycles. The van der Waals surface area contributed by atoms with Crippen LogP contribution in [0, 0.1) is 6.92 Å². The maximum atomic E-state index is 11.9. The Morgan fingerprint density at radius 2 is 2.22 bits per heavy atom. The number of pyridine rings is 1. The summed E-state index contributed by atoms with van der Waals surface area (Å²) in [5.41, 5.74) is 7.29. The second kappa shape index (κ2) is 4.64. The van der Waals surface area contributed by atoms with Gasteiger partial charge >= 0.3 is 0 Å². The lowest BCUT2D eigenvalue weighted by molar-refractivity contribution is -0.146. The lowest BCUT2D eigenvalue weighted by Crippen LogP contribution is -2.48. The van der Waals surface area contributed by atoms with Gasteiger partial charge in [-0.3, -0.25) is 14.5 Å². The van der Waals surface area contributed by atoms with Gasteiger partial charge in [0.25, 0.3) is 5.91 Å². The summed E-state index contributed by atoms with van der Waals surface area (Å²) in [6, 6.07) is 1.35.